The standard InChI is InChI=1S/C12H20N4O2/c1-9-11(15-18-14-9)8-13-12(17)10(2)16-6-4-3-5-7-16/h10H,3-8H2,1-2H3,(H,13,17). The van der Waals surface area contributed by atoms with Gasteiger partial charge in [0, 0.05) is 0 Å². The molecule has 1 aliphatic rings. The van der Waals surface area contributed by atoms with Crippen LogP contribution >= 0.6 is 0 Å². The van der Waals surface area contributed by atoms with Crippen LogP contribution in [0.2, 0.25) is 0 Å². The SMILES string of the molecule is Cc1nonc1CNC(=O)C(C)N1CCCCC1. The molecule has 2 heterocycles. The van der Waals surface area contributed by atoms with Crippen molar-refractivity contribution < 1.29 is 9.42 Å². The predicted molar refractivity (Wildman–Crippen MR) is 65.8 cm³/mol. The number of aromatic nitrogens is 2. The van der Waals surface area contributed by atoms with E-state index in [2.05, 4.69) is 25.2 Å². The van der Waals surface area contributed by atoms with E-state index in [1.54, 1.807) is 0 Å². The van der Waals surface area contributed by atoms with Gasteiger partial charge in [0.05, 0.1) is 12.6 Å². The first-order chi connectivity index (χ1) is 8.68. The van der Waals surface area contributed by atoms with Gasteiger partial charge in [0.2, 0.25) is 5.91 Å². The molecule has 0 aliphatic carbocycles. The second-order valence-corrected chi connectivity index (χ2v) is 4.79. The molecule has 0 spiro atoms. The van der Waals surface area contributed by atoms with Gasteiger partial charge in [-0.15, -0.1) is 0 Å². The molecule has 18 heavy (non-hydrogen) atoms. The molecule has 1 fully saturated rings. The number of carbonyl (C=O) groups excluding carboxylic acids is 1. The molecule has 1 unspecified atom stereocenters. The molecular formula is C12H20N4O2. The summed E-state index contributed by atoms with van der Waals surface area (Å²) in [7, 11) is 0. The fourth-order valence-corrected chi connectivity index (χ4v) is 2.20. The van der Waals surface area contributed by atoms with Gasteiger partial charge < -0.3 is 5.32 Å². The first-order valence-electron chi connectivity index (χ1n) is 6.48. The van der Waals surface area contributed by atoms with Crippen LogP contribution in [0.1, 0.15) is 37.6 Å². The highest BCUT2D eigenvalue weighted by atomic mass is 16.6. The smallest absolute Gasteiger partial charge is 0.237 e. The number of likely N-dealkylation sites (tertiary alicyclic amines) is 1. The highest BCUT2D eigenvalue weighted by Gasteiger charge is 2.22. The molecule has 100 valence electrons. The van der Waals surface area contributed by atoms with Crippen LogP contribution in [0, 0.1) is 6.92 Å². The normalized spacial score (nSPS) is 18.6. The minimum Gasteiger partial charge on any atom is -0.349 e. The first kappa shape index (κ1) is 13.0. The third-order valence-electron chi connectivity index (χ3n) is 3.49. The van der Waals surface area contributed by atoms with E-state index in [1.165, 1.54) is 19.3 Å². The van der Waals surface area contributed by atoms with Crippen LogP contribution in [0.4, 0.5) is 0 Å². The van der Waals surface area contributed by atoms with Crippen LogP contribution in [0.3, 0.4) is 0 Å². The topological polar surface area (TPSA) is 71.3 Å². The summed E-state index contributed by atoms with van der Waals surface area (Å²) in [6.07, 6.45) is 3.64. The Morgan fingerprint density at radius 3 is 2.72 bits per heavy atom. The van der Waals surface area contributed by atoms with Gasteiger partial charge in [0.15, 0.2) is 0 Å². The van der Waals surface area contributed by atoms with Crippen molar-refractivity contribution in [2.45, 2.75) is 45.7 Å². The molecular weight excluding hydrogens is 232 g/mol. The largest absolute Gasteiger partial charge is 0.349 e. The van der Waals surface area contributed by atoms with Crippen molar-refractivity contribution in [2.24, 2.45) is 0 Å². The van der Waals surface area contributed by atoms with Crippen LogP contribution in [0.15, 0.2) is 4.63 Å². The van der Waals surface area contributed by atoms with E-state index < -0.39 is 0 Å². The lowest BCUT2D eigenvalue weighted by Crippen LogP contribution is -2.47. The fourth-order valence-electron chi connectivity index (χ4n) is 2.20. The number of nitrogens with one attached hydrogen (secondary N) is 1. The van der Waals surface area contributed by atoms with E-state index in [-0.39, 0.29) is 11.9 Å². The predicted octanol–water partition coefficient (Wildman–Crippen LogP) is 0.869. The molecule has 1 amide bonds. The van der Waals surface area contributed by atoms with Gasteiger partial charge in [-0.25, -0.2) is 4.63 Å². The minimum absolute atomic E-state index is 0.0410. The van der Waals surface area contributed by atoms with E-state index in [4.69, 9.17) is 0 Å². The van der Waals surface area contributed by atoms with Crippen molar-refractivity contribution in [1.82, 2.24) is 20.5 Å². The Morgan fingerprint density at radius 1 is 1.39 bits per heavy atom. The summed E-state index contributed by atoms with van der Waals surface area (Å²) in [5.74, 6) is 0.0410. The number of amides is 1. The van der Waals surface area contributed by atoms with Gasteiger partial charge in [0.25, 0.3) is 0 Å². The van der Waals surface area contributed by atoms with Gasteiger partial charge >= 0.3 is 0 Å². The Labute approximate surface area is 107 Å². The zero-order chi connectivity index (χ0) is 13.0. The Kier molecular flexibility index (Phi) is 4.30. The number of hydrogen-bond donors (Lipinski definition) is 1. The molecule has 6 nitrogen and oxygen atoms in total. The van der Waals surface area contributed by atoms with Gasteiger partial charge in [-0.1, -0.05) is 16.7 Å². The van der Waals surface area contributed by atoms with Gasteiger partial charge in [0.1, 0.15) is 11.4 Å². The monoisotopic (exact) mass is 252 g/mol. The third-order valence-corrected chi connectivity index (χ3v) is 3.49. The fraction of sp³-hybridized carbons (Fsp3) is 0.750. The van der Waals surface area contributed by atoms with E-state index in [0.717, 1.165) is 18.8 Å². The summed E-state index contributed by atoms with van der Waals surface area (Å²) in [4.78, 5) is 14.2. The maximum Gasteiger partial charge on any atom is 0.237 e. The number of rotatable bonds is 4. The van der Waals surface area contributed by atoms with Crippen molar-refractivity contribution in [2.75, 3.05) is 13.1 Å². The van der Waals surface area contributed by atoms with Gasteiger partial charge in [-0.05, 0) is 39.8 Å². The van der Waals surface area contributed by atoms with Crippen molar-refractivity contribution in [3.05, 3.63) is 11.4 Å². The number of piperidine rings is 1. The number of carbonyl (C=O) groups is 1. The summed E-state index contributed by atoms with van der Waals surface area (Å²) < 4.78 is 4.59. The minimum atomic E-state index is -0.0783. The number of nitrogens with zero attached hydrogens (tertiary/aromatic N) is 3. The van der Waals surface area contributed by atoms with Gasteiger partial charge in [-0.2, -0.15) is 0 Å². The molecule has 1 saturated heterocycles. The molecule has 0 saturated carbocycles. The summed E-state index contributed by atoms with van der Waals surface area (Å²) in [5, 5.41) is 10.3. The molecule has 0 aromatic carbocycles. The highest BCUT2D eigenvalue weighted by Crippen LogP contribution is 2.12. The second-order valence-electron chi connectivity index (χ2n) is 4.79. The highest BCUT2D eigenvalue weighted by molar-refractivity contribution is 5.81. The molecule has 1 aromatic rings. The summed E-state index contributed by atoms with van der Waals surface area (Å²) in [6.45, 7) is 6.17. The van der Waals surface area contributed by atoms with E-state index in [0.29, 0.717) is 12.2 Å². The number of aryl methyl sites for hydroxylation is 1. The Bertz CT molecular complexity index is 399. The molecule has 0 bridgehead atoms. The summed E-state index contributed by atoms with van der Waals surface area (Å²) in [6, 6.07) is -0.0783. The first-order valence-corrected chi connectivity index (χ1v) is 6.48. The van der Waals surface area contributed by atoms with Crippen molar-refractivity contribution in [3.8, 4) is 0 Å². The van der Waals surface area contributed by atoms with Crippen LogP contribution in [0.25, 0.3) is 0 Å². The third kappa shape index (κ3) is 3.07. The maximum atomic E-state index is 12.0. The van der Waals surface area contributed by atoms with Crippen LogP contribution in [0.5, 0.6) is 0 Å². The maximum absolute atomic E-state index is 12.0. The second kappa shape index (κ2) is 5.95. The van der Waals surface area contributed by atoms with E-state index in [9.17, 15) is 4.79 Å². The average Bonchev–Trinajstić information content (AvgIpc) is 2.81. The Hall–Kier alpha value is -1.43. The lowest BCUT2D eigenvalue weighted by atomic mass is 10.1. The van der Waals surface area contributed by atoms with Crippen molar-refractivity contribution in [1.29, 1.82) is 0 Å². The summed E-state index contributed by atoms with van der Waals surface area (Å²) >= 11 is 0. The lowest BCUT2D eigenvalue weighted by molar-refractivity contribution is -0.126. The van der Waals surface area contributed by atoms with E-state index in [1.807, 2.05) is 13.8 Å². The molecule has 1 aliphatic heterocycles. The molecule has 6 heteroatoms. The quantitative estimate of drug-likeness (QED) is 0.861. The lowest BCUT2D eigenvalue weighted by Gasteiger charge is -2.31. The zero-order valence-corrected chi connectivity index (χ0v) is 11.0. The van der Waals surface area contributed by atoms with Crippen LogP contribution in [-0.4, -0.2) is 40.3 Å². The summed E-state index contributed by atoms with van der Waals surface area (Å²) in [5.41, 5.74) is 1.41. The van der Waals surface area contributed by atoms with Crippen LogP contribution < -0.4 is 5.32 Å². The molecule has 2 rings (SSSR count). The van der Waals surface area contributed by atoms with Crippen LogP contribution in [-0.2, 0) is 11.3 Å². The Balaban J connectivity index is 1.82. The molecule has 0 radical (unpaired) electrons. The molecule has 1 atom stereocenters. The molecule has 1 aromatic heterocycles. The van der Waals surface area contributed by atoms with Crippen molar-refractivity contribution >= 4 is 5.91 Å². The van der Waals surface area contributed by atoms with Crippen molar-refractivity contribution in [3.63, 3.8) is 0 Å². The van der Waals surface area contributed by atoms with E-state index >= 15 is 0 Å². The zero-order valence-electron chi connectivity index (χ0n) is 11.0. The molecule has 1 N–H and O–H groups in total. The Morgan fingerprint density at radius 2 is 2.11 bits per heavy atom. The van der Waals surface area contributed by atoms with Gasteiger partial charge in [-0.3, -0.25) is 9.69 Å². The number of hydrogen-bond acceptors (Lipinski definition) is 5. The average molecular weight is 252 g/mol.